The molecule has 0 saturated carbocycles. The van der Waals surface area contributed by atoms with Crippen molar-refractivity contribution in [3.05, 3.63) is 5.92 Å². The van der Waals surface area contributed by atoms with Crippen molar-refractivity contribution in [2.45, 2.75) is 48.0 Å². The first-order valence-electron chi connectivity index (χ1n) is 4.13. The summed E-state index contributed by atoms with van der Waals surface area (Å²) in [5, 5.41) is 0. The second-order valence-corrected chi connectivity index (χ2v) is 4.68. The maximum Gasteiger partial charge on any atom is -0.0300 e. The van der Waals surface area contributed by atoms with Gasteiger partial charge in [-0.25, -0.2) is 0 Å². The molecule has 0 saturated heterocycles. The molecule has 0 bridgehead atoms. The van der Waals surface area contributed by atoms with E-state index in [-0.39, 0.29) is 0 Å². The van der Waals surface area contributed by atoms with Gasteiger partial charge in [0.25, 0.3) is 0 Å². The van der Waals surface area contributed by atoms with Gasteiger partial charge in [0.05, 0.1) is 0 Å². The zero-order chi connectivity index (χ0) is 8.36. The summed E-state index contributed by atoms with van der Waals surface area (Å²) in [5.74, 6) is 2.35. The van der Waals surface area contributed by atoms with Crippen LogP contribution in [0.1, 0.15) is 48.0 Å². The van der Waals surface area contributed by atoms with Crippen LogP contribution >= 0.6 is 0 Å². The van der Waals surface area contributed by atoms with Crippen molar-refractivity contribution in [2.24, 2.45) is 11.3 Å². The molecule has 0 N–H and O–H groups in total. The zero-order valence-electron chi connectivity index (χ0n) is 8.28. The molecule has 1 unspecified atom stereocenters. The van der Waals surface area contributed by atoms with E-state index in [0.717, 1.165) is 5.92 Å². The van der Waals surface area contributed by atoms with Gasteiger partial charge in [0.1, 0.15) is 0 Å². The summed E-state index contributed by atoms with van der Waals surface area (Å²) in [5.41, 5.74) is 0.470. The van der Waals surface area contributed by atoms with E-state index >= 15 is 0 Å². The Kier molecular flexibility index (Phi) is 3.41. The Labute approximate surface area is 66.0 Å². The molecule has 10 heavy (non-hydrogen) atoms. The second-order valence-electron chi connectivity index (χ2n) is 4.68. The van der Waals surface area contributed by atoms with E-state index in [4.69, 9.17) is 0 Å². The van der Waals surface area contributed by atoms with Crippen LogP contribution in [-0.4, -0.2) is 0 Å². The van der Waals surface area contributed by atoms with Crippen LogP contribution in [-0.2, 0) is 0 Å². The van der Waals surface area contributed by atoms with E-state index < -0.39 is 0 Å². The molecular formula is C10H21. The molecule has 0 spiro atoms. The summed E-state index contributed by atoms with van der Waals surface area (Å²) in [7, 11) is 0. The van der Waals surface area contributed by atoms with Gasteiger partial charge in [-0.15, -0.1) is 0 Å². The van der Waals surface area contributed by atoms with Crippen LogP contribution in [0.3, 0.4) is 0 Å². The second kappa shape index (κ2) is 3.41. The average Bonchev–Trinajstić information content (AvgIpc) is 1.60. The molecule has 0 amide bonds. The summed E-state index contributed by atoms with van der Waals surface area (Å²) in [6.45, 7) is 13.7. The maximum atomic E-state index is 2.33. The topological polar surface area (TPSA) is 0 Å². The third-order valence-corrected chi connectivity index (χ3v) is 2.19. The largest absolute Gasteiger partial charge is 0.0620 e. The van der Waals surface area contributed by atoms with Crippen molar-refractivity contribution >= 4 is 0 Å². The Morgan fingerprint density at radius 3 is 1.70 bits per heavy atom. The van der Waals surface area contributed by atoms with Crippen LogP contribution in [0.2, 0.25) is 0 Å². The lowest BCUT2D eigenvalue weighted by Gasteiger charge is -2.28. The van der Waals surface area contributed by atoms with Crippen LogP contribution in [0, 0.1) is 17.3 Å². The van der Waals surface area contributed by atoms with Crippen molar-refractivity contribution in [1.82, 2.24) is 0 Å². The van der Waals surface area contributed by atoms with Crippen LogP contribution in [0.4, 0.5) is 0 Å². The molecule has 0 aliphatic heterocycles. The first kappa shape index (κ1) is 10.0. The van der Waals surface area contributed by atoms with Gasteiger partial charge >= 0.3 is 0 Å². The minimum absolute atomic E-state index is 0.470. The van der Waals surface area contributed by atoms with Gasteiger partial charge in [-0.05, 0) is 23.7 Å². The molecular weight excluding hydrogens is 120 g/mol. The van der Waals surface area contributed by atoms with Gasteiger partial charge in [-0.3, -0.25) is 0 Å². The van der Waals surface area contributed by atoms with Gasteiger partial charge in [-0.2, -0.15) is 0 Å². The number of hydrogen-bond donors (Lipinski definition) is 0. The quantitative estimate of drug-likeness (QED) is 0.550. The predicted molar refractivity (Wildman–Crippen MR) is 47.8 cm³/mol. The SMILES string of the molecule is C[C](C)CC(C)C(C)(C)C. The fourth-order valence-electron chi connectivity index (χ4n) is 0.919. The van der Waals surface area contributed by atoms with Crippen LogP contribution in [0.15, 0.2) is 0 Å². The molecule has 1 radical (unpaired) electrons. The van der Waals surface area contributed by atoms with Gasteiger partial charge in [-0.1, -0.05) is 41.5 Å². The minimum Gasteiger partial charge on any atom is -0.0620 e. The van der Waals surface area contributed by atoms with Crippen molar-refractivity contribution in [3.8, 4) is 0 Å². The molecule has 0 aromatic heterocycles. The molecule has 0 heterocycles. The van der Waals surface area contributed by atoms with Gasteiger partial charge in [0.2, 0.25) is 0 Å². The van der Waals surface area contributed by atoms with Crippen LogP contribution in [0.25, 0.3) is 0 Å². The van der Waals surface area contributed by atoms with Gasteiger partial charge in [0, 0.05) is 0 Å². The van der Waals surface area contributed by atoms with E-state index in [9.17, 15) is 0 Å². The standard InChI is InChI=1S/C10H21/c1-8(2)7-9(3)10(4,5)6/h9H,7H2,1-6H3. The van der Waals surface area contributed by atoms with E-state index in [1.54, 1.807) is 5.92 Å². The summed E-state index contributed by atoms with van der Waals surface area (Å²) in [6.07, 6.45) is 1.27. The highest BCUT2D eigenvalue weighted by molar-refractivity contribution is 4.83. The molecule has 0 rings (SSSR count). The molecule has 0 aliphatic carbocycles. The molecule has 0 aliphatic rings. The fraction of sp³-hybridized carbons (Fsp3) is 0.900. The van der Waals surface area contributed by atoms with Crippen LogP contribution < -0.4 is 0 Å². The Morgan fingerprint density at radius 2 is 1.60 bits per heavy atom. The van der Waals surface area contributed by atoms with Gasteiger partial charge in [0.15, 0.2) is 0 Å². The Morgan fingerprint density at radius 1 is 1.20 bits per heavy atom. The third-order valence-electron chi connectivity index (χ3n) is 2.19. The van der Waals surface area contributed by atoms with Crippen LogP contribution in [0.5, 0.6) is 0 Å². The smallest absolute Gasteiger partial charge is 0.0300 e. The lowest BCUT2D eigenvalue weighted by Crippen LogP contribution is -2.18. The van der Waals surface area contributed by atoms with Crippen molar-refractivity contribution in [1.29, 1.82) is 0 Å². The maximum absolute atomic E-state index is 2.33. The fourth-order valence-corrected chi connectivity index (χ4v) is 0.919. The molecule has 1 atom stereocenters. The third kappa shape index (κ3) is 3.92. The predicted octanol–water partition coefficient (Wildman–Crippen LogP) is 3.67. The number of hydrogen-bond acceptors (Lipinski definition) is 0. The lowest BCUT2D eigenvalue weighted by molar-refractivity contribution is 0.252. The van der Waals surface area contributed by atoms with E-state index in [0.29, 0.717) is 5.41 Å². The zero-order valence-corrected chi connectivity index (χ0v) is 8.28. The first-order valence-corrected chi connectivity index (χ1v) is 4.13. The number of rotatable bonds is 2. The highest BCUT2D eigenvalue weighted by Gasteiger charge is 2.20. The summed E-state index contributed by atoms with van der Waals surface area (Å²) in [6, 6.07) is 0. The molecule has 0 aromatic rings. The molecule has 0 aromatic carbocycles. The molecule has 61 valence electrons. The molecule has 0 nitrogen and oxygen atoms in total. The molecule has 0 heteroatoms. The summed E-state index contributed by atoms with van der Waals surface area (Å²) < 4.78 is 0. The van der Waals surface area contributed by atoms with E-state index in [1.165, 1.54) is 6.42 Å². The van der Waals surface area contributed by atoms with Gasteiger partial charge < -0.3 is 0 Å². The van der Waals surface area contributed by atoms with Crippen molar-refractivity contribution in [3.63, 3.8) is 0 Å². The van der Waals surface area contributed by atoms with E-state index in [1.807, 2.05) is 0 Å². The lowest BCUT2D eigenvalue weighted by atomic mass is 9.78. The highest BCUT2D eigenvalue weighted by atomic mass is 14.3. The van der Waals surface area contributed by atoms with Crippen molar-refractivity contribution in [2.75, 3.05) is 0 Å². The van der Waals surface area contributed by atoms with Crippen molar-refractivity contribution < 1.29 is 0 Å². The Bertz CT molecular complexity index is 84.7. The minimum atomic E-state index is 0.470. The highest BCUT2D eigenvalue weighted by Crippen LogP contribution is 2.30. The Balaban J connectivity index is 3.73. The summed E-state index contributed by atoms with van der Waals surface area (Å²) >= 11 is 0. The first-order chi connectivity index (χ1) is 4.34. The Hall–Kier alpha value is 0. The molecule has 0 fully saturated rings. The summed E-state index contributed by atoms with van der Waals surface area (Å²) in [4.78, 5) is 0. The average molecular weight is 141 g/mol. The monoisotopic (exact) mass is 141 g/mol. The van der Waals surface area contributed by atoms with E-state index in [2.05, 4.69) is 41.5 Å². The normalized spacial score (nSPS) is 15.9.